The summed E-state index contributed by atoms with van der Waals surface area (Å²) in [4.78, 5) is 11.2. The van der Waals surface area contributed by atoms with Crippen LogP contribution >= 0.6 is 35.7 Å². The fraction of sp³-hybridized carbons (Fsp3) is 0.647. The van der Waals surface area contributed by atoms with E-state index < -0.39 is 0 Å². The van der Waals surface area contributed by atoms with E-state index in [4.69, 9.17) is 0 Å². The summed E-state index contributed by atoms with van der Waals surface area (Å²) in [6.45, 7) is 3.99. The lowest BCUT2D eigenvalue weighted by Gasteiger charge is -2.16. The van der Waals surface area contributed by atoms with Gasteiger partial charge in [-0.1, -0.05) is 6.07 Å². The van der Waals surface area contributed by atoms with Crippen molar-refractivity contribution in [2.75, 3.05) is 43.6 Å². The molecule has 2 N–H and O–H groups in total. The summed E-state index contributed by atoms with van der Waals surface area (Å²) in [5.41, 5.74) is 1.18. The fourth-order valence-corrected chi connectivity index (χ4v) is 3.13. The van der Waals surface area contributed by atoms with Crippen LogP contribution in [0.2, 0.25) is 0 Å². The second-order valence-corrected chi connectivity index (χ2v) is 6.76. The summed E-state index contributed by atoms with van der Waals surface area (Å²) in [6, 6.07) is 4.28. The van der Waals surface area contributed by atoms with Gasteiger partial charge in [-0.3, -0.25) is 4.99 Å². The van der Waals surface area contributed by atoms with Crippen LogP contribution in [0.15, 0.2) is 23.3 Å². The third kappa shape index (κ3) is 7.46. The molecule has 0 saturated carbocycles. The average molecular weight is 463 g/mol. The predicted octanol–water partition coefficient (Wildman–Crippen LogP) is 3.11. The Labute approximate surface area is 167 Å². The molecule has 1 fully saturated rings. The van der Waals surface area contributed by atoms with E-state index in [1.165, 1.54) is 37.0 Å². The molecule has 2 heterocycles. The largest absolute Gasteiger partial charge is 0.357 e. The number of aliphatic imine (C=N–C) groups is 1. The first kappa shape index (κ1) is 21.3. The van der Waals surface area contributed by atoms with Gasteiger partial charge in [0.15, 0.2) is 5.96 Å². The molecular formula is C17H30IN5S. The van der Waals surface area contributed by atoms with Gasteiger partial charge in [-0.15, -0.1) is 24.0 Å². The minimum atomic E-state index is 0. The van der Waals surface area contributed by atoms with Crippen LogP contribution in [0.4, 0.5) is 5.82 Å². The number of nitrogens with one attached hydrogen (secondary N) is 2. The molecule has 1 aliphatic heterocycles. The van der Waals surface area contributed by atoms with Crippen LogP contribution in [0.25, 0.3) is 0 Å². The number of pyridine rings is 1. The van der Waals surface area contributed by atoms with E-state index >= 15 is 0 Å². The van der Waals surface area contributed by atoms with Crippen LogP contribution in [-0.2, 0) is 6.54 Å². The third-order valence-electron chi connectivity index (χ3n) is 3.99. The SMILES string of the molecule is CN=C(NCCCCSC)NCc1ccc(N2CCCC2)nc1.I. The molecular weight excluding hydrogens is 433 g/mol. The second-order valence-electron chi connectivity index (χ2n) is 5.77. The summed E-state index contributed by atoms with van der Waals surface area (Å²) < 4.78 is 0. The minimum absolute atomic E-state index is 0. The lowest BCUT2D eigenvalue weighted by Crippen LogP contribution is -2.37. The molecule has 1 aliphatic rings. The number of rotatable bonds is 8. The van der Waals surface area contributed by atoms with E-state index in [9.17, 15) is 0 Å². The zero-order chi connectivity index (χ0) is 16.3. The summed E-state index contributed by atoms with van der Waals surface area (Å²) in [7, 11) is 1.81. The van der Waals surface area contributed by atoms with Crippen molar-refractivity contribution >= 4 is 47.5 Å². The first-order chi connectivity index (χ1) is 11.3. The molecule has 1 aromatic heterocycles. The van der Waals surface area contributed by atoms with Crippen LogP contribution in [-0.4, -0.2) is 49.6 Å². The molecule has 7 heteroatoms. The van der Waals surface area contributed by atoms with Crippen molar-refractivity contribution in [2.45, 2.75) is 32.2 Å². The molecule has 0 atom stereocenters. The summed E-state index contributed by atoms with van der Waals surface area (Å²) in [5, 5.41) is 6.70. The van der Waals surface area contributed by atoms with Crippen molar-refractivity contribution in [2.24, 2.45) is 4.99 Å². The number of halogens is 1. The van der Waals surface area contributed by atoms with Crippen molar-refractivity contribution in [3.63, 3.8) is 0 Å². The van der Waals surface area contributed by atoms with Gasteiger partial charge >= 0.3 is 0 Å². The number of anilines is 1. The van der Waals surface area contributed by atoms with E-state index in [0.29, 0.717) is 0 Å². The lowest BCUT2D eigenvalue weighted by atomic mass is 10.3. The summed E-state index contributed by atoms with van der Waals surface area (Å²) >= 11 is 1.90. The zero-order valence-corrected chi connectivity index (χ0v) is 17.9. The van der Waals surface area contributed by atoms with Gasteiger partial charge in [0.1, 0.15) is 5.82 Å². The highest BCUT2D eigenvalue weighted by Crippen LogP contribution is 2.17. The fourth-order valence-electron chi connectivity index (χ4n) is 2.64. The molecule has 0 unspecified atom stereocenters. The van der Waals surface area contributed by atoms with Gasteiger partial charge in [-0.05, 0) is 49.3 Å². The molecule has 1 saturated heterocycles. The predicted molar refractivity (Wildman–Crippen MR) is 117 cm³/mol. The maximum absolute atomic E-state index is 4.58. The van der Waals surface area contributed by atoms with Crippen molar-refractivity contribution in [1.82, 2.24) is 15.6 Å². The van der Waals surface area contributed by atoms with Gasteiger partial charge in [-0.2, -0.15) is 11.8 Å². The van der Waals surface area contributed by atoms with Crippen molar-refractivity contribution < 1.29 is 0 Å². The number of hydrogen-bond donors (Lipinski definition) is 2. The molecule has 5 nitrogen and oxygen atoms in total. The molecule has 1 aromatic rings. The molecule has 0 amide bonds. The monoisotopic (exact) mass is 463 g/mol. The summed E-state index contributed by atoms with van der Waals surface area (Å²) in [6.07, 6.45) is 9.10. The minimum Gasteiger partial charge on any atom is -0.357 e. The highest BCUT2D eigenvalue weighted by Gasteiger charge is 2.12. The van der Waals surface area contributed by atoms with Crippen LogP contribution in [0, 0.1) is 0 Å². The number of hydrogen-bond acceptors (Lipinski definition) is 4. The van der Waals surface area contributed by atoms with E-state index in [-0.39, 0.29) is 24.0 Å². The number of guanidine groups is 1. The van der Waals surface area contributed by atoms with E-state index in [1.54, 1.807) is 0 Å². The summed E-state index contributed by atoms with van der Waals surface area (Å²) in [5.74, 6) is 3.18. The molecule has 0 aromatic carbocycles. The van der Waals surface area contributed by atoms with E-state index in [2.05, 4.69) is 43.9 Å². The molecule has 24 heavy (non-hydrogen) atoms. The Morgan fingerprint density at radius 3 is 2.67 bits per heavy atom. The highest BCUT2D eigenvalue weighted by molar-refractivity contribution is 14.0. The van der Waals surface area contributed by atoms with Gasteiger partial charge in [-0.25, -0.2) is 4.98 Å². The first-order valence-electron chi connectivity index (χ1n) is 8.47. The Balaban J connectivity index is 0.00000288. The molecule has 2 rings (SSSR count). The third-order valence-corrected chi connectivity index (χ3v) is 4.69. The van der Waals surface area contributed by atoms with Crippen LogP contribution in [0.1, 0.15) is 31.2 Å². The van der Waals surface area contributed by atoms with Gasteiger partial charge < -0.3 is 15.5 Å². The van der Waals surface area contributed by atoms with E-state index in [1.807, 2.05) is 25.0 Å². The van der Waals surface area contributed by atoms with Crippen LogP contribution in [0.3, 0.4) is 0 Å². The van der Waals surface area contributed by atoms with Gasteiger partial charge in [0, 0.05) is 39.4 Å². The number of thioether (sulfide) groups is 1. The maximum Gasteiger partial charge on any atom is 0.191 e. The smallest absolute Gasteiger partial charge is 0.191 e. The molecule has 0 aliphatic carbocycles. The van der Waals surface area contributed by atoms with Crippen molar-refractivity contribution in [3.8, 4) is 0 Å². The quantitative estimate of drug-likeness (QED) is 0.269. The van der Waals surface area contributed by atoms with Crippen molar-refractivity contribution in [1.29, 1.82) is 0 Å². The Morgan fingerprint density at radius 2 is 2.04 bits per heavy atom. The normalized spacial score (nSPS) is 14.4. The van der Waals surface area contributed by atoms with E-state index in [0.717, 1.165) is 38.0 Å². The molecule has 0 spiro atoms. The number of aromatic nitrogens is 1. The first-order valence-corrected chi connectivity index (χ1v) is 9.86. The molecule has 0 bridgehead atoms. The molecule has 0 radical (unpaired) electrons. The average Bonchev–Trinajstić information content (AvgIpc) is 3.12. The lowest BCUT2D eigenvalue weighted by molar-refractivity contribution is 0.732. The van der Waals surface area contributed by atoms with Crippen LogP contribution < -0.4 is 15.5 Å². The van der Waals surface area contributed by atoms with Gasteiger partial charge in [0.25, 0.3) is 0 Å². The Morgan fingerprint density at radius 1 is 1.25 bits per heavy atom. The topological polar surface area (TPSA) is 52.6 Å². The zero-order valence-electron chi connectivity index (χ0n) is 14.8. The standard InChI is InChI=1S/C17H29N5S.HI/c1-18-17(19-9-3-6-12-23-2)21-14-15-7-8-16(20-13-15)22-10-4-5-11-22;/h7-8,13H,3-6,9-12,14H2,1-2H3,(H2,18,19,21);1H. The number of nitrogens with zero attached hydrogens (tertiary/aromatic N) is 3. The van der Waals surface area contributed by atoms with Gasteiger partial charge in [0.05, 0.1) is 0 Å². The Kier molecular flexibility index (Phi) is 11.2. The van der Waals surface area contributed by atoms with Crippen molar-refractivity contribution in [3.05, 3.63) is 23.9 Å². The Bertz CT molecular complexity index is 474. The maximum atomic E-state index is 4.58. The van der Waals surface area contributed by atoms with Crippen LogP contribution in [0.5, 0.6) is 0 Å². The second kappa shape index (κ2) is 12.6. The molecule has 136 valence electrons. The highest BCUT2D eigenvalue weighted by atomic mass is 127. The van der Waals surface area contributed by atoms with Gasteiger partial charge in [0.2, 0.25) is 0 Å². The Hall–Kier alpha value is -0.700. The number of unbranched alkanes of at least 4 members (excludes halogenated alkanes) is 1.